The average molecular weight is 275 g/mol. The fraction of sp³-hybridized carbons (Fsp3) is 0.929. The Balaban J connectivity index is 0.00000162. The third-order valence-electron chi connectivity index (χ3n) is 4.38. The van der Waals surface area contributed by atoms with Crippen molar-refractivity contribution in [2.75, 3.05) is 6.54 Å². The molecule has 1 amide bonds. The Hall–Kier alpha value is -0.280. The Labute approximate surface area is 117 Å². The lowest BCUT2D eigenvalue weighted by atomic mass is 9.84. The van der Waals surface area contributed by atoms with Crippen LogP contribution in [0.1, 0.15) is 58.3 Å². The molecule has 1 aliphatic heterocycles. The van der Waals surface area contributed by atoms with E-state index in [-0.39, 0.29) is 24.4 Å². The summed E-state index contributed by atoms with van der Waals surface area (Å²) in [6, 6.07) is 0.151. The molecule has 1 unspecified atom stereocenters. The molecule has 0 radical (unpaired) electrons. The second-order valence-corrected chi connectivity index (χ2v) is 5.86. The van der Waals surface area contributed by atoms with Gasteiger partial charge in [-0.15, -0.1) is 12.4 Å². The molecule has 1 saturated heterocycles. The average Bonchev–Trinajstić information content (AvgIpc) is 2.77. The third kappa shape index (κ3) is 3.86. The van der Waals surface area contributed by atoms with Gasteiger partial charge in [0.05, 0.1) is 6.04 Å². The van der Waals surface area contributed by atoms with Crippen molar-refractivity contribution in [3.05, 3.63) is 0 Å². The fourth-order valence-electron chi connectivity index (χ4n) is 3.44. The molecule has 2 atom stereocenters. The number of hydrogen-bond acceptors (Lipinski definition) is 2. The quantitative estimate of drug-likeness (QED) is 0.860. The summed E-state index contributed by atoms with van der Waals surface area (Å²) in [6.45, 7) is 2.73. The van der Waals surface area contributed by atoms with Gasteiger partial charge in [0.25, 0.3) is 0 Å². The molecule has 0 spiro atoms. The van der Waals surface area contributed by atoms with Gasteiger partial charge >= 0.3 is 0 Å². The highest BCUT2D eigenvalue weighted by atomic mass is 35.5. The minimum Gasteiger partial charge on any atom is -0.338 e. The van der Waals surface area contributed by atoms with Crippen LogP contribution in [0.4, 0.5) is 0 Å². The van der Waals surface area contributed by atoms with Gasteiger partial charge in [-0.25, -0.2) is 0 Å². The van der Waals surface area contributed by atoms with Gasteiger partial charge in [-0.2, -0.15) is 0 Å². The summed E-state index contributed by atoms with van der Waals surface area (Å²) in [7, 11) is 0. The maximum atomic E-state index is 12.0. The van der Waals surface area contributed by atoms with Crippen LogP contribution in [-0.4, -0.2) is 29.4 Å². The lowest BCUT2D eigenvalue weighted by Crippen LogP contribution is -2.45. The molecule has 2 fully saturated rings. The summed E-state index contributed by atoms with van der Waals surface area (Å²) < 4.78 is 0. The molecule has 3 nitrogen and oxygen atoms in total. The van der Waals surface area contributed by atoms with Crippen LogP contribution in [0.5, 0.6) is 0 Å². The normalized spacial score (nSPS) is 26.8. The van der Waals surface area contributed by atoms with Crippen LogP contribution in [0.2, 0.25) is 0 Å². The number of nitrogens with zero attached hydrogens (tertiary/aromatic N) is 1. The number of rotatable bonds is 3. The summed E-state index contributed by atoms with van der Waals surface area (Å²) in [5.41, 5.74) is 5.72. The molecule has 18 heavy (non-hydrogen) atoms. The molecule has 2 rings (SSSR count). The molecule has 4 heteroatoms. The van der Waals surface area contributed by atoms with E-state index in [9.17, 15) is 4.79 Å². The van der Waals surface area contributed by atoms with E-state index in [1.807, 2.05) is 0 Å². The van der Waals surface area contributed by atoms with Crippen LogP contribution in [0.25, 0.3) is 0 Å². The predicted molar refractivity (Wildman–Crippen MR) is 76.8 cm³/mol. The zero-order valence-electron chi connectivity index (χ0n) is 11.4. The van der Waals surface area contributed by atoms with Crippen LogP contribution in [0, 0.1) is 5.92 Å². The van der Waals surface area contributed by atoms with Crippen LogP contribution in [0.3, 0.4) is 0 Å². The molecule has 1 saturated carbocycles. The molecule has 106 valence electrons. The topological polar surface area (TPSA) is 46.3 Å². The smallest absolute Gasteiger partial charge is 0.239 e. The highest BCUT2D eigenvalue weighted by molar-refractivity contribution is 5.85. The van der Waals surface area contributed by atoms with Gasteiger partial charge in [0, 0.05) is 12.6 Å². The monoisotopic (exact) mass is 274 g/mol. The lowest BCUT2D eigenvalue weighted by molar-refractivity contribution is -0.133. The Morgan fingerprint density at radius 2 is 1.89 bits per heavy atom. The molecular formula is C14H27ClN2O. The van der Waals surface area contributed by atoms with Crippen molar-refractivity contribution in [2.45, 2.75) is 70.4 Å². The molecule has 0 bridgehead atoms. The van der Waals surface area contributed by atoms with E-state index < -0.39 is 0 Å². The predicted octanol–water partition coefficient (Wildman–Crippen LogP) is 2.72. The number of carbonyl (C=O) groups is 1. The van der Waals surface area contributed by atoms with Gasteiger partial charge in [-0.05, 0) is 32.1 Å². The molecule has 0 aromatic carbocycles. The number of carbonyl (C=O) groups excluding carboxylic acids is 1. The maximum Gasteiger partial charge on any atom is 0.239 e. The first-order valence-electron chi connectivity index (χ1n) is 7.24. The minimum atomic E-state index is -0.332. The summed E-state index contributed by atoms with van der Waals surface area (Å²) in [6.07, 6.45) is 10.5. The summed E-state index contributed by atoms with van der Waals surface area (Å²) in [5, 5.41) is 0. The summed E-state index contributed by atoms with van der Waals surface area (Å²) >= 11 is 0. The van der Waals surface area contributed by atoms with E-state index >= 15 is 0 Å². The Morgan fingerprint density at radius 1 is 1.22 bits per heavy atom. The van der Waals surface area contributed by atoms with E-state index in [1.54, 1.807) is 6.92 Å². The highest BCUT2D eigenvalue weighted by Gasteiger charge is 2.32. The van der Waals surface area contributed by atoms with Crippen LogP contribution >= 0.6 is 12.4 Å². The fourth-order valence-corrected chi connectivity index (χ4v) is 3.44. The zero-order valence-corrected chi connectivity index (χ0v) is 12.3. The van der Waals surface area contributed by atoms with Gasteiger partial charge in [0.1, 0.15) is 0 Å². The SMILES string of the molecule is C[C@@H](N)C(=O)N1CCCC1CC1CCCCC1.Cl. The first kappa shape index (κ1) is 15.8. The van der Waals surface area contributed by atoms with Crippen molar-refractivity contribution >= 4 is 18.3 Å². The summed E-state index contributed by atoms with van der Waals surface area (Å²) in [5.74, 6) is 1.01. The van der Waals surface area contributed by atoms with Gasteiger partial charge in [-0.3, -0.25) is 4.79 Å². The first-order chi connectivity index (χ1) is 8.18. The van der Waals surface area contributed by atoms with Crippen LogP contribution in [0.15, 0.2) is 0 Å². The second-order valence-electron chi connectivity index (χ2n) is 5.86. The Bertz CT molecular complexity index is 265. The number of likely N-dealkylation sites (tertiary alicyclic amines) is 1. The zero-order chi connectivity index (χ0) is 12.3. The first-order valence-corrected chi connectivity index (χ1v) is 7.24. The van der Waals surface area contributed by atoms with Gasteiger partial charge in [0.2, 0.25) is 5.91 Å². The standard InChI is InChI=1S/C14H26N2O.ClH/c1-11(15)14(17)16-9-5-8-13(16)10-12-6-3-2-4-7-12;/h11-13H,2-10,15H2,1H3;1H/t11-,13?;/m1./s1. The second kappa shape index (κ2) is 7.34. The number of nitrogens with two attached hydrogens (primary N) is 1. The maximum absolute atomic E-state index is 12.0. The largest absolute Gasteiger partial charge is 0.338 e. The van der Waals surface area contributed by atoms with Crippen LogP contribution < -0.4 is 5.73 Å². The number of halogens is 1. The minimum absolute atomic E-state index is 0. The van der Waals surface area contributed by atoms with E-state index in [4.69, 9.17) is 5.73 Å². The van der Waals surface area contributed by atoms with Gasteiger partial charge in [-0.1, -0.05) is 32.1 Å². The third-order valence-corrected chi connectivity index (χ3v) is 4.38. The van der Waals surface area contributed by atoms with Crippen molar-refractivity contribution in [1.29, 1.82) is 0 Å². The molecule has 2 N–H and O–H groups in total. The van der Waals surface area contributed by atoms with Crippen molar-refractivity contribution < 1.29 is 4.79 Å². The molecule has 1 aliphatic carbocycles. The Morgan fingerprint density at radius 3 is 2.50 bits per heavy atom. The van der Waals surface area contributed by atoms with Crippen molar-refractivity contribution in [2.24, 2.45) is 11.7 Å². The Kier molecular flexibility index (Phi) is 6.44. The van der Waals surface area contributed by atoms with E-state index in [1.165, 1.54) is 44.9 Å². The van der Waals surface area contributed by atoms with Crippen molar-refractivity contribution in [1.82, 2.24) is 4.90 Å². The molecule has 0 aromatic heterocycles. The van der Waals surface area contributed by atoms with Gasteiger partial charge in [0.15, 0.2) is 0 Å². The summed E-state index contributed by atoms with van der Waals surface area (Å²) in [4.78, 5) is 14.1. The van der Waals surface area contributed by atoms with E-state index in [0.717, 1.165) is 18.9 Å². The molecule has 0 aromatic rings. The molecule has 1 heterocycles. The number of amides is 1. The van der Waals surface area contributed by atoms with Crippen molar-refractivity contribution in [3.63, 3.8) is 0 Å². The highest BCUT2D eigenvalue weighted by Crippen LogP contribution is 2.32. The lowest BCUT2D eigenvalue weighted by Gasteiger charge is -2.31. The van der Waals surface area contributed by atoms with E-state index in [2.05, 4.69) is 4.90 Å². The van der Waals surface area contributed by atoms with E-state index in [0.29, 0.717) is 6.04 Å². The number of hydrogen-bond donors (Lipinski definition) is 1. The van der Waals surface area contributed by atoms with Gasteiger partial charge < -0.3 is 10.6 Å². The van der Waals surface area contributed by atoms with Crippen molar-refractivity contribution in [3.8, 4) is 0 Å². The molecule has 2 aliphatic rings. The van der Waals surface area contributed by atoms with Crippen LogP contribution in [-0.2, 0) is 4.79 Å². The molecular weight excluding hydrogens is 248 g/mol.